The number of hydrogen-bond donors (Lipinski definition) is 1. The number of halogens is 2. The van der Waals surface area contributed by atoms with Crippen molar-refractivity contribution in [2.24, 2.45) is 0 Å². The number of benzene rings is 1. The van der Waals surface area contributed by atoms with Gasteiger partial charge in [-0.2, -0.15) is 0 Å². The van der Waals surface area contributed by atoms with Gasteiger partial charge in [0.05, 0.1) is 11.4 Å². The molecule has 100 valence electrons. The molecule has 0 radical (unpaired) electrons. The summed E-state index contributed by atoms with van der Waals surface area (Å²) in [6, 6.07) is 4.78. The maximum Gasteiger partial charge on any atom is 0.304 e. The van der Waals surface area contributed by atoms with Crippen LogP contribution < -0.4 is 0 Å². The van der Waals surface area contributed by atoms with E-state index in [0.29, 0.717) is 13.1 Å². The molecule has 0 heterocycles. The smallest absolute Gasteiger partial charge is 0.304 e. The molecule has 0 aliphatic carbocycles. The molecule has 1 N–H and O–H groups in total. The van der Waals surface area contributed by atoms with Gasteiger partial charge in [0.2, 0.25) is 0 Å². The normalized spacial score (nSPS) is 11.2. The maximum absolute atomic E-state index is 13.0. The summed E-state index contributed by atoms with van der Waals surface area (Å²) in [5.41, 5.74) is 0.875. The largest absolute Gasteiger partial charge is 0.481 e. The second kappa shape index (κ2) is 6.71. The van der Waals surface area contributed by atoms with Crippen molar-refractivity contribution in [1.82, 2.24) is 4.90 Å². The van der Waals surface area contributed by atoms with Crippen LogP contribution in [0.15, 0.2) is 18.2 Å². The Balaban J connectivity index is 2.70. The van der Waals surface area contributed by atoms with Crippen molar-refractivity contribution in [3.63, 3.8) is 0 Å². The van der Waals surface area contributed by atoms with Gasteiger partial charge in [-0.25, -0.2) is 4.39 Å². The van der Waals surface area contributed by atoms with Crippen molar-refractivity contribution < 1.29 is 14.3 Å². The first-order valence-corrected chi connectivity index (χ1v) is 6.17. The molecule has 1 aromatic rings. The molecule has 0 unspecified atom stereocenters. The third-order valence-corrected chi connectivity index (χ3v) is 3.00. The van der Waals surface area contributed by atoms with E-state index in [2.05, 4.69) is 0 Å². The number of carboxylic acid groups (broad SMARTS) is 1. The molecule has 0 fully saturated rings. The Hall–Kier alpha value is -1.13. The zero-order valence-corrected chi connectivity index (χ0v) is 11.2. The summed E-state index contributed by atoms with van der Waals surface area (Å²) >= 11 is 5.72. The molecule has 0 bridgehead atoms. The fourth-order valence-corrected chi connectivity index (χ4v) is 1.83. The van der Waals surface area contributed by atoms with Crippen LogP contribution >= 0.6 is 11.6 Å². The number of aliphatic carboxylic acids is 1. The zero-order valence-electron chi connectivity index (χ0n) is 10.5. The molecule has 0 amide bonds. The molecule has 0 aliphatic heterocycles. The van der Waals surface area contributed by atoms with Gasteiger partial charge in [-0.05, 0) is 31.5 Å². The Kier molecular flexibility index (Phi) is 5.56. The lowest BCUT2D eigenvalue weighted by Gasteiger charge is -2.25. The van der Waals surface area contributed by atoms with Crippen molar-refractivity contribution in [2.75, 3.05) is 6.54 Å². The monoisotopic (exact) mass is 273 g/mol. The highest BCUT2D eigenvalue weighted by atomic mass is 35.5. The molecule has 5 heteroatoms. The van der Waals surface area contributed by atoms with Crippen LogP contribution in [0.1, 0.15) is 25.8 Å². The topological polar surface area (TPSA) is 40.5 Å². The Morgan fingerprint density at radius 1 is 1.50 bits per heavy atom. The van der Waals surface area contributed by atoms with Gasteiger partial charge in [-0.1, -0.05) is 17.7 Å². The van der Waals surface area contributed by atoms with Gasteiger partial charge in [-0.15, -0.1) is 0 Å². The number of nitrogens with zero attached hydrogens (tertiary/aromatic N) is 1. The first kappa shape index (κ1) is 14.9. The molecule has 0 saturated carbocycles. The van der Waals surface area contributed by atoms with E-state index in [-0.39, 0.29) is 17.5 Å². The minimum Gasteiger partial charge on any atom is -0.481 e. The predicted molar refractivity (Wildman–Crippen MR) is 69.2 cm³/mol. The first-order valence-electron chi connectivity index (χ1n) is 5.80. The van der Waals surface area contributed by atoms with Gasteiger partial charge >= 0.3 is 5.97 Å². The Morgan fingerprint density at radius 3 is 2.67 bits per heavy atom. The third kappa shape index (κ3) is 4.63. The fraction of sp³-hybridized carbons (Fsp3) is 0.462. The first-order chi connectivity index (χ1) is 8.40. The molecule has 0 spiro atoms. The summed E-state index contributed by atoms with van der Waals surface area (Å²) in [7, 11) is 0. The average molecular weight is 274 g/mol. The van der Waals surface area contributed by atoms with Gasteiger partial charge < -0.3 is 5.11 Å². The van der Waals surface area contributed by atoms with Crippen molar-refractivity contribution >= 4 is 17.6 Å². The number of carbonyl (C=O) groups is 1. The predicted octanol–water partition coefficient (Wildman–Crippen LogP) is 3.16. The quantitative estimate of drug-likeness (QED) is 0.865. The minimum absolute atomic E-state index is 0.0904. The van der Waals surface area contributed by atoms with Crippen molar-refractivity contribution in [3.8, 4) is 0 Å². The van der Waals surface area contributed by atoms with Crippen LogP contribution in [0.4, 0.5) is 4.39 Å². The van der Waals surface area contributed by atoms with Crippen LogP contribution in [0.25, 0.3) is 0 Å². The third-order valence-electron chi connectivity index (χ3n) is 2.71. The molecular formula is C13H17ClFNO2. The number of hydrogen-bond acceptors (Lipinski definition) is 2. The lowest BCUT2D eigenvalue weighted by Crippen LogP contribution is -2.32. The average Bonchev–Trinajstić information content (AvgIpc) is 2.28. The van der Waals surface area contributed by atoms with Crippen LogP contribution in [0, 0.1) is 5.82 Å². The van der Waals surface area contributed by atoms with Crippen molar-refractivity contribution in [2.45, 2.75) is 32.9 Å². The van der Waals surface area contributed by atoms with E-state index in [1.165, 1.54) is 6.07 Å². The van der Waals surface area contributed by atoms with E-state index < -0.39 is 11.8 Å². The highest BCUT2D eigenvalue weighted by molar-refractivity contribution is 6.30. The van der Waals surface area contributed by atoms with E-state index >= 15 is 0 Å². The lowest BCUT2D eigenvalue weighted by molar-refractivity contribution is -0.137. The summed E-state index contributed by atoms with van der Waals surface area (Å²) in [5, 5.41) is 8.79. The summed E-state index contributed by atoms with van der Waals surface area (Å²) in [5.74, 6) is -1.26. The SMILES string of the molecule is CC(C)N(CCC(=O)O)Cc1ccc(F)c(Cl)c1. The molecule has 1 rings (SSSR count). The Labute approximate surface area is 111 Å². The fourth-order valence-electron chi connectivity index (χ4n) is 1.63. The number of carboxylic acids is 1. The summed E-state index contributed by atoms with van der Waals surface area (Å²) in [6.45, 7) is 5.01. The van der Waals surface area contributed by atoms with Crippen LogP contribution in [-0.4, -0.2) is 28.6 Å². The van der Waals surface area contributed by atoms with Gasteiger partial charge in [0, 0.05) is 19.1 Å². The maximum atomic E-state index is 13.0. The standard InChI is InChI=1S/C13H17ClFNO2/c1-9(2)16(6-5-13(17)18)8-10-3-4-12(15)11(14)7-10/h3-4,7,9H,5-6,8H2,1-2H3,(H,17,18). The summed E-state index contributed by atoms with van der Waals surface area (Å²) < 4.78 is 13.0. The van der Waals surface area contributed by atoms with Gasteiger partial charge in [-0.3, -0.25) is 9.69 Å². The second-order valence-corrected chi connectivity index (χ2v) is 4.86. The van der Waals surface area contributed by atoms with Crippen LogP contribution in [0.3, 0.4) is 0 Å². The molecule has 0 saturated heterocycles. The summed E-state index contributed by atoms with van der Waals surface area (Å²) in [4.78, 5) is 12.6. The molecule has 0 aromatic heterocycles. The second-order valence-electron chi connectivity index (χ2n) is 4.46. The van der Waals surface area contributed by atoms with E-state index in [9.17, 15) is 9.18 Å². The molecule has 0 atom stereocenters. The molecule has 3 nitrogen and oxygen atoms in total. The van der Waals surface area contributed by atoms with E-state index in [1.54, 1.807) is 12.1 Å². The van der Waals surface area contributed by atoms with Gasteiger partial charge in [0.1, 0.15) is 5.82 Å². The van der Waals surface area contributed by atoms with Crippen LogP contribution in [0.5, 0.6) is 0 Å². The van der Waals surface area contributed by atoms with E-state index in [0.717, 1.165) is 5.56 Å². The lowest BCUT2D eigenvalue weighted by atomic mass is 10.1. The molecule has 18 heavy (non-hydrogen) atoms. The van der Waals surface area contributed by atoms with Crippen molar-refractivity contribution in [1.29, 1.82) is 0 Å². The van der Waals surface area contributed by atoms with E-state index in [1.807, 2.05) is 18.7 Å². The molecule has 1 aromatic carbocycles. The van der Waals surface area contributed by atoms with Gasteiger partial charge in [0.15, 0.2) is 0 Å². The van der Waals surface area contributed by atoms with Gasteiger partial charge in [0.25, 0.3) is 0 Å². The molecule has 0 aliphatic rings. The van der Waals surface area contributed by atoms with E-state index in [4.69, 9.17) is 16.7 Å². The number of rotatable bonds is 6. The Bertz CT molecular complexity index is 423. The van der Waals surface area contributed by atoms with Crippen LogP contribution in [0.2, 0.25) is 5.02 Å². The Morgan fingerprint density at radius 2 is 2.17 bits per heavy atom. The van der Waals surface area contributed by atoms with Crippen LogP contribution in [-0.2, 0) is 11.3 Å². The van der Waals surface area contributed by atoms with Crippen molar-refractivity contribution in [3.05, 3.63) is 34.6 Å². The highest BCUT2D eigenvalue weighted by Crippen LogP contribution is 2.18. The molecular weight excluding hydrogens is 257 g/mol. The zero-order chi connectivity index (χ0) is 13.7. The minimum atomic E-state index is -0.821. The summed E-state index contributed by atoms with van der Waals surface area (Å²) in [6.07, 6.45) is 0.0904. The highest BCUT2D eigenvalue weighted by Gasteiger charge is 2.12.